The summed E-state index contributed by atoms with van der Waals surface area (Å²) in [5, 5.41) is 7.44. The Balaban J connectivity index is 1.50. The summed E-state index contributed by atoms with van der Waals surface area (Å²) >= 11 is 0. The molecule has 1 aliphatic heterocycles. The normalized spacial score (nSPS) is 14.6. The van der Waals surface area contributed by atoms with Crippen LogP contribution < -0.4 is 5.76 Å². The van der Waals surface area contributed by atoms with Crippen LogP contribution in [-0.2, 0) is 23.8 Å². The topological polar surface area (TPSA) is 93.6 Å². The van der Waals surface area contributed by atoms with Gasteiger partial charge in [-0.3, -0.25) is 23.8 Å². The highest BCUT2D eigenvalue weighted by Gasteiger charge is 2.33. The number of nitrogens with zero attached hydrogens (tertiary/aromatic N) is 5. The van der Waals surface area contributed by atoms with E-state index in [0.29, 0.717) is 36.3 Å². The number of carbonyl (C=O) groups is 2. The highest BCUT2D eigenvalue weighted by Crippen LogP contribution is 2.23. The summed E-state index contributed by atoms with van der Waals surface area (Å²) in [7, 11) is 1.74. The summed E-state index contributed by atoms with van der Waals surface area (Å²) < 4.78 is 8.25. The van der Waals surface area contributed by atoms with E-state index < -0.39 is 5.76 Å². The van der Waals surface area contributed by atoms with Crippen LogP contribution in [0.5, 0.6) is 0 Å². The maximum atomic E-state index is 13.2. The van der Waals surface area contributed by atoms with Crippen LogP contribution in [0.4, 0.5) is 0 Å². The van der Waals surface area contributed by atoms with Gasteiger partial charge < -0.3 is 4.42 Å². The maximum Gasteiger partial charge on any atom is 0.419 e. The average molecular weight is 425 g/mol. The summed E-state index contributed by atoms with van der Waals surface area (Å²) in [5.74, 6) is -0.948. The van der Waals surface area contributed by atoms with Crippen molar-refractivity contribution in [2.24, 2.45) is 7.05 Å². The third kappa shape index (κ3) is 3.87. The molecular formula is C22H27N5O4. The molecular weight excluding hydrogens is 398 g/mol. The quantitative estimate of drug-likeness (QED) is 0.639. The average Bonchev–Trinajstić information content (AvgIpc) is 3.41. The monoisotopic (exact) mass is 425 g/mol. The lowest BCUT2D eigenvalue weighted by molar-refractivity contribution is -0.140. The first kappa shape index (κ1) is 20.9. The summed E-state index contributed by atoms with van der Waals surface area (Å²) in [6, 6.07) is 8.90. The first-order chi connectivity index (χ1) is 14.7. The van der Waals surface area contributed by atoms with Gasteiger partial charge in [-0.2, -0.15) is 5.10 Å². The second kappa shape index (κ2) is 7.72. The van der Waals surface area contributed by atoms with Gasteiger partial charge in [0.25, 0.3) is 5.91 Å². The first-order valence-corrected chi connectivity index (χ1v) is 10.4. The standard InChI is InChI=1S/C22H27N5O4/c1-22(2,3)18-14-16(24(4)23-18)20(29)27-12-7-11-26(27)19(28)10-13-25-15-8-5-6-9-17(15)31-21(25)30/h5-6,8-9,14H,7,10-13H2,1-4H3. The van der Waals surface area contributed by atoms with Crippen LogP contribution in [0.2, 0.25) is 0 Å². The number of para-hydroxylation sites is 2. The number of hydrogen-bond donors (Lipinski definition) is 0. The van der Waals surface area contributed by atoms with E-state index in [1.54, 1.807) is 36.0 Å². The Labute approximate surface area is 179 Å². The van der Waals surface area contributed by atoms with Crippen molar-refractivity contribution < 1.29 is 14.0 Å². The van der Waals surface area contributed by atoms with E-state index in [1.807, 2.05) is 26.8 Å². The number of hydrogen-bond acceptors (Lipinski definition) is 5. The van der Waals surface area contributed by atoms with Crippen molar-refractivity contribution in [2.75, 3.05) is 13.1 Å². The molecule has 0 bridgehead atoms. The summed E-state index contributed by atoms with van der Waals surface area (Å²) in [4.78, 5) is 38.3. The van der Waals surface area contributed by atoms with E-state index in [4.69, 9.17) is 4.42 Å². The zero-order valence-corrected chi connectivity index (χ0v) is 18.3. The minimum Gasteiger partial charge on any atom is -0.408 e. The fourth-order valence-electron chi connectivity index (χ4n) is 3.81. The minimum absolute atomic E-state index is 0.0891. The Kier molecular flexibility index (Phi) is 5.20. The van der Waals surface area contributed by atoms with Crippen LogP contribution in [-0.4, -0.2) is 49.3 Å². The van der Waals surface area contributed by atoms with E-state index in [-0.39, 0.29) is 30.2 Å². The number of rotatable bonds is 4. The Morgan fingerprint density at radius 3 is 2.55 bits per heavy atom. The van der Waals surface area contributed by atoms with E-state index in [2.05, 4.69) is 5.10 Å². The van der Waals surface area contributed by atoms with Gasteiger partial charge in [0, 0.05) is 38.5 Å². The lowest BCUT2D eigenvalue weighted by Crippen LogP contribution is -2.45. The molecule has 0 unspecified atom stereocenters. The summed E-state index contributed by atoms with van der Waals surface area (Å²) in [5.41, 5.74) is 2.23. The molecule has 0 aliphatic carbocycles. The Morgan fingerprint density at radius 1 is 1.13 bits per heavy atom. The van der Waals surface area contributed by atoms with Gasteiger partial charge in [0.15, 0.2) is 5.58 Å². The number of hydrazine groups is 1. The number of fused-ring (bicyclic) bond motifs is 1. The highest BCUT2D eigenvalue weighted by molar-refractivity contribution is 5.94. The van der Waals surface area contributed by atoms with Gasteiger partial charge in [-0.15, -0.1) is 0 Å². The number of aromatic nitrogens is 3. The predicted octanol–water partition coefficient (Wildman–Crippen LogP) is 2.31. The number of oxazole rings is 1. The van der Waals surface area contributed by atoms with E-state index in [1.165, 1.54) is 14.6 Å². The molecule has 1 saturated heterocycles. The Hall–Kier alpha value is -3.36. The number of carbonyl (C=O) groups excluding carboxylic acids is 2. The van der Waals surface area contributed by atoms with E-state index in [0.717, 1.165) is 5.69 Å². The second-order valence-corrected chi connectivity index (χ2v) is 8.82. The molecule has 3 heterocycles. The molecule has 9 nitrogen and oxygen atoms in total. The Bertz CT molecular complexity index is 1200. The molecule has 1 aliphatic rings. The van der Waals surface area contributed by atoms with Crippen molar-refractivity contribution in [3.8, 4) is 0 Å². The van der Waals surface area contributed by atoms with Gasteiger partial charge in [-0.05, 0) is 24.6 Å². The number of amides is 2. The van der Waals surface area contributed by atoms with Crippen molar-refractivity contribution in [2.45, 2.75) is 45.6 Å². The fraction of sp³-hybridized carbons (Fsp3) is 0.455. The fourth-order valence-corrected chi connectivity index (χ4v) is 3.81. The van der Waals surface area contributed by atoms with Crippen molar-refractivity contribution in [1.82, 2.24) is 24.4 Å². The second-order valence-electron chi connectivity index (χ2n) is 8.82. The molecule has 0 saturated carbocycles. The van der Waals surface area contributed by atoms with Crippen molar-refractivity contribution in [1.29, 1.82) is 0 Å². The van der Waals surface area contributed by atoms with E-state index in [9.17, 15) is 14.4 Å². The van der Waals surface area contributed by atoms with Gasteiger partial charge in [-0.1, -0.05) is 32.9 Å². The summed E-state index contributed by atoms with van der Waals surface area (Å²) in [6.07, 6.45) is 0.794. The highest BCUT2D eigenvalue weighted by atomic mass is 16.4. The molecule has 0 atom stereocenters. The molecule has 0 N–H and O–H groups in total. The van der Waals surface area contributed by atoms with Gasteiger partial charge in [0.05, 0.1) is 11.2 Å². The van der Waals surface area contributed by atoms with Crippen LogP contribution in [0.25, 0.3) is 11.1 Å². The van der Waals surface area contributed by atoms with Gasteiger partial charge in [-0.25, -0.2) is 9.80 Å². The van der Waals surface area contributed by atoms with E-state index >= 15 is 0 Å². The summed E-state index contributed by atoms with van der Waals surface area (Å²) in [6.45, 7) is 7.24. The van der Waals surface area contributed by atoms with Gasteiger partial charge in [0.1, 0.15) is 5.69 Å². The lowest BCUT2D eigenvalue weighted by Gasteiger charge is -2.27. The minimum atomic E-state index is -0.493. The third-order valence-electron chi connectivity index (χ3n) is 5.54. The maximum absolute atomic E-state index is 13.2. The molecule has 1 fully saturated rings. The zero-order valence-electron chi connectivity index (χ0n) is 18.3. The van der Waals surface area contributed by atoms with Gasteiger partial charge in [0.2, 0.25) is 5.91 Å². The van der Waals surface area contributed by atoms with Crippen LogP contribution in [0.15, 0.2) is 39.5 Å². The first-order valence-electron chi connectivity index (χ1n) is 10.4. The molecule has 31 heavy (non-hydrogen) atoms. The molecule has 3 aromatic rings. The molecule has 1 aromatic carbocycles. The molecule has 4 rings (SSSR count). The van der Waals surface area contributed by atoms with Crippen LogP contribution >= 0.6 is 0 Å². The van der Waals surface area contributed by atoms with Crippen molar-refractivity contribution in [3.05, 3.63) is 52.3 Å². The van der Waals surface area contributed by atoms with Gasteiger partial charge >= 0.3 is 5.76 Å². The van der Waals surface area contributed by atoms with Crippen LogP contribution in [0, 0.1) is 0 Å². The van der Waals surface area contributed by atoms with Crippen LogP contribution in [0.3, 0.4) is 0 Å². The van der Waals surface area contributed by atoms with Crippen molar-refractivity contribution in [3.63, 3.8) is 0 Å². The SMILES string of the molecule is Cn1nc(C(C)(C)C)cc1C(=O)N1CCCN1C(=O)CCn1c(=O)oc2ccccc21. The third-order valence-corrected chi connectivity index (χ3v) is 5.54. The molecule has 2 aromatic heterocycles. The number of benzene rings is 1. The predicted molar refractivity (Wildman–Crippen MR) is 114 cm³/mol. The molecule has 0 spiro atoms. The Morgan fingerprint density at radius 2 is 1.84 bits per heavy atom. The number of aryl methyl sites for hydroxylation is 2. The smallest absolute Gasteiger partial charge is 0.408 e. The largest absolute Gasteiger partial charge is 0.419 e. The van der Waals surface area contributed by atoms with Crippen LogP contribution in [0.1, 0.15) is 49.8 Å². The van der Waals surface area contributed by atoms with Crippen molar-refractivity contribution >= 4 is 22.9 Å². The molecule has 9 heteroatoms. The molecule has 2 amide bonds. The zero-order chi connectivity index (χ0) is 22.3. The lowest BCUT2D eigenvalue weighted by atomic mass is 9.92. The molecule has 164 valence electrons. The molecule has 0 radical (unpaired) electrons.